The molecule has 120 valence electrons. The van der Waals surface area contributed by atoms with Gasteiger partial charge >= 0.3 is 17.6 Å². The van der Waals surface area contributed by atoms with Gasteiger partial charge in [0.2, 0.25) is 5.95 Å². The molecule has 0 radical (unpaired) electrons. The lowest BCUT2D eigenvalue weighted by Gasteiger charge is -2.17. The van der Waals surface area contributed by atoms with Gasteiger partial charge in [0.05, 0.1) is 0 Å². The van der Waals surface area contributed by atoms with Gasteiger partial charge in [-0.15, -0.1) is 0 Å². The van der Waals surface area contributed by atoms with Gasteiger partial charge in [-0.3, -0.25) is 14.2 Å². The molecule has 1 aromatic heterocycles. The molecule has 1 aliphatic rings. The standard InChI is InChI=1S/C12H16N4O6/c1-6(17)20-4-9-8(21-7(2)18)3-10(22-9)16-5-14-11(13)15-12(16)19/h5,8-10H,3-4H2,1-2H3,(H2,13,15,19)/t8-,9?,10-/m1/s1. The minimum Gasteiger partial charge on any atom is -0.463 e. The Labute approximate surface area is 125 Å². The van der Waals surface area contributed by atoms with Crippen molar-refractivity contribution in [2.45, 2.75) is 38.7 Å². The van der Waals surface area contributed by atoms with E-state index in [9.17, 15) is 14.4 Å². The quantitative estimate of drug-likeness (QED) is 0.694. The molecule has 1 saturated heterocycles. The molecule has 10 nitrogen and oxygen atoms in total. The minimum absolute atomic E-state index is 0.0889. The van der Waals surface area contributed by atoms with Gasteiger partial charge in [0.25, 0.3) is 0 Å². The second kappa shape index (κ2) is 6.52. The summed E-state index contributed by atoms with van der Waals surface area (Å²) in [5.74, 6) is -1.13. The van der Waals surface area contributed by atoms with Gasteiger partial charge in [-0.25, -0.2) is 9.78 Å². The van der Waals surface area contributed by atoms with Gasteiger partial charge < -0.3 is 19.9 Å². The predicted molar refractivity (Wildman–Crippen MR) is 71.4 cm³/mol. The molecule has 3 atom stereocenters. The molecular weight excluding hydrogens is 296 g/mol. The highest BCUT2D eigenvalue weighted by Gasteiger charge is 2.39. The molecule has 0 bridgehead atoms. The molecule has 2 rings (SSSR count). The highest BCUT2D eigenvalue weighted by molar-refractivity contribution is 5.66. The van der Waals surface area contributed by atoms with Crippen molar-refractivity contribution in [3.8, 4) is 0 Å². The number of nitrogens with zero attached hydrogens (tertiary/aromatic N) is 3. The molecule has 0 amide bonds. The van der Waals surface area contributed by atoms with E-state index in [4.69, 9.17) is 19.9 Å². The van der Waals surface area contributed by atoms with Crippen molar-refractivity contribution in [2.75, 3.05) is 12.3 Å². The van der Waals surface area contributed by atoms with E-state index >= 15 is 0 Å². The molecule has 0 spiro atoms. The number of esters is 2. The lowest BCUT2D eigenvalue weighted by molar-refractivity contribution is -0.155. The average molecular weight is 312 g/mol. The van der Waals surface area contributed by atoms with Gasteiger partial charge in [0.1, 0.15) is 31.4 Å². The highest BCUT2D eigenvalue weighted by Crippen LogP contribution is 2.30. The number of ether oxygens (including phenoxy) is 3. The number of nitrogens with two attached hydrogens (primary N) is 1. The van der Waals surface area contributed by atoms with Crippen LogP contribution in [-0.4, -0.2) is 45.3 Å². The summed E-state index contributed by atoms with van der Waals surface area (Å²) in [6, 6.07) is 0. The number of carbonyl (C=O) groups is 2. The maximum Gasteiger partial charge on any atom is 0.354 e. The van der Waals surface area contributed by atoms with Crippen LogP contribution in [0.1, 0.15) is 26.5 Å². The average Bonchev–Trinajstić information content (AvgIpc) is 2.78. The molecule has 1 unspecified atom stereocenters. The van der Waals surface area contributed by atoms with Crippen LogP contribution < -0.4 is 11.4 Å². The summed E-state index contributed by atoms with van der Waals surface area (Å²) >= 11 is 0. The Morgan fingerprint density at radius 2 is 2.18 bits per heavy atom. The number of carbonyl (C=O) groups excluding carboxylic acids is 2. The van der Waals surface area contributed by atoms with Gasteiger partial charge in [0.15, 0.2) is 0 Å². The fraction of sp³-hybridized carbons (Fsp3) is 0.583. The van der Waals surface area contributed by atoms with Crippen LogP contribution in [-0.2, 0) is 23.8 Å². The van der Waals surface area contributed by atoms with Crippen molar-refractivity contribution >= 4 is 17.9 Å². The third-order valence-electron chi connectivity index (χ3n) is 3.00. The molecule has 2 heterocycles. The first kappa shape index (κ1) is 15.9. The monoisotopic (exact) mass is 312 g/mol. The second-order valence-electron chi connectivity index (χ2n) is 4.72. The van der Waals surface area contributed by atoms with Crippen molar-refractivity contribution in [3.05, 3.63) is 16.8 Å². The van der Waals surface area contributed by atoms with Gasteiger partial charge in [0, 0.05) is 20.3 Å². The fourth-order valence-corrected chi connectivity index (χ4v) is 2.11. The van der Waals surface area contributed by atoms with Gasteiger partial charge in [-0.05, 0) is 0 Å². The third-order valence-corrected chi connectivity index (χ3v) is 3.00. The van der Waals surface area contributed by atoms with Crippen LogP contribution in [0, 0.1) is 0 Å². The number of nitrogen functional groups attached to an aromatic ring is 1. The summed E-state index contributed by atoms with van der Waals surface area (Å²) in [5, 5.41) is 0. The number of hydrogen-bond acceptors (Lipinski definition) is 9. The normalized spacial score (nSPS) is 24.0. The third kappa shape index (κ3) is 3.79. The van der Waals surface area contributed by atoms with E-state index in [1.54, 1.807) is 0 Å². The molecule has 1 aliphatic heterocycles. The van der Waals surface area contributed by atoms with E-state index in [0.717, 1.165) is 4.57 Å². The zero-order valence-electron chi connectivity index (χ0n) is 12.1. The van der Waals surface area contributed by atoms with Gasteiger partial charge in [-0.2, -0.15) is 4.98 Å². The molecule has 2 N–H and O–H groups in total. The van der Waals surface area contributed by atoms with Crippen LogP contribution in [0.3, 0.4) is 0 Å². The molecule has 0 aromatic carbocycles. The zero-order chi connectivity index (χ0) is 16.3. The second-order valence-corrected chi connectivity index (χ2v) is 4.72. The van der Waals surface area contributed by atoms with E-state index in [-0.39, 0.29) is 19.0 Å². The van der Waals surface area contributed by atoms with Gasteiger partial charge in [-0.1, -0.05) is 0 Å². The van der Waals surface area contributed by atoms with Crippen molar-refractivity contribution in [1.82, 2.24) is 14.5 Å². The maximum atomic E-state index is 11.8. The fourth-order valence-electron chi connectivity index (χ4n) is 2.11. The molecule has 10 heteroatoms. The summed E-state index contributed by atoms with van der Waals surface area (Å²) in [5.41, 5.74) is 4.69. The largest absolute Gasteiger partial charge is 0.463 e. The Hall–Kier alpha value is -2.49. The number of hydrogen-bond donors (Lipinski definition) is 1. The number of rotatable bonds is 4. The first-order valence-corrected chi connectivity index (χ1v) is 6.53. The predicted octanol–water partition coefficient (Wildman–Crippen LogP) is -0.997. The topological polar surface area (TPSA) is 136 Å². The summed E-state index contributed by atoms with van der Waals surface area (Å²) in [7, 11) is 0. The van der Waals surface area contributed by atoms with E-state index in [2.05, 4.69) is 9.97 Å². The molecular formula is C12H16N4O6. The lowest BCUT2D eigenvalue weighted by atomic mass is 10.2. The van der Waals surface area contributed by atoms with Crippen LogP contribution in [0.4, 0.5) is 5.95 Å². The number of anilines is 1. The Morgan fingerprint density at radius 1 is 1.45 bits per heavy atom. The zero-order valence-corrected chi connectivity index (χ0v) is 12.1. The van der Waals surface area contributed by atoms with Crippen molar-refractivity contribution in [2.24, 2.45) is 0 Å². The molecule has 22 heavy (non-hydrogen) atoms. The molecule has 1 fully saturated rings. The SMILES string of the molecule is CC(=O)OCC1O[C@@H](n2cnc(N)nc2=O)C[C@H]1OC(C)=O. The Bertz CT molecular complexity index is 630. The summed E-state index contributed by atoms with van der Waals surface area (Å²) in [6.07, 6.45) is -0.654. The van der Waals surface area contributed by atoms with Crippen molar-refractivity contribution in [3.63, 3.8) is 0 Å². The molecule has 0 aliphatic carbocycles. The van der Waals surface area contributed by atoms with E-state index in [0.29, 0.717) is 0 Å². The summed E-state index contributed by atoms with van der Waals surface area (Å²) in [4.78, 5) is 41.1. The Balaban J connectivity index is 2.15. The van der Waals surface area contributed by atoms with Crippen LogP contribution in [0.5, 0.6) is 0 Å². The van der Waals surface area contributed by atoms with Crippen LogP contribution in [0.2, 0.25) is 0 Å². The van der Waals surface area contributed by atoms with Crippen LogP contribution in [0.15, 0.2) is 11.1 Å². The summed E-state index contributed by atoms with van der Waals surface area (Å²) < 4.78 is 16.8. The highest BCUT2D eigenvalue weighted by atomic mass is 16.6. The lowest BCUT2D eigenvalue weighted by Crippen LogP contribution is -2.31. The smallest absolute Gasteiger partial charge is 0.354 e. The van der Waals surface area contributed by atoms with Crippen molar-refractivity contribution in [1.29, 1.82) is 0 Å². The molecule has 0 saturated carbocycles. The van der Waals surface area contributed by atoms with Crippen LogP contribution in [0.25, 0.3) is 0 Å². The molecule has 1 aromatic rings. The van der Waals surface area contributed by atoms with E-state index in [1.807, 2.05) is 0 Å². The van der Waals surface area contributed by atoms with Crippen molar-refractivity contribution < 1.29 is 23.8 Å². The van der Waals surface area contributed by atoms with E-state index < -0.39 is 36.1 Å². The minimum atomic E-state index is -0.738. The Kier molecular flexibility index (Phi) is 4.71. The first-order valence-electron chi connectivity index (χ1n) is 6.53. The van der Waals surface area contributed by atoms with E-state index in [1.165, 1.54) is 20.2 Å². The first-order chi connectivity index (χ1) is 10.4. The maximum absolute atomic E-state index is 11.8. The summed E-state index contributed by atoms with van der Waals surface area (Å²) in [6.45, 7) is 2.43. The Morgan fingerprint density at radius 3 is 2.77 bits per heavy atom. The number of aromatic nitrogens is 3. The van der Waals surface area contributed by atoms with Crippen LogP contribution >= 0.6 is 0 Å².